The molecule has 2 aromatic carbocycles. The van der Waals surface area contributed by atoms with E-state index in [0.29, 0.717) is 23.8 Å². The van der Waals surface area contributed by atoms with Gasteiger partial charge in [-0.25, -0.2) is 9.18 Å². The summed E-state index contributed by atoms with van der Waals surface area (Å²) in [6.45, 7) is 6.13. The lowest BCUT2D eigenvalue weighted by atomic mass is 10.2. The average Bonchev–Trinajstić information content (AvgIpc) is 2.65. The van der Waals surface area contributed by atoms with Gasteiger partial charge in [0.05, 0.1) is 12.3 Å². The second kappa shape index (κ2) is 9.66. The van der Waals surface area contributed by atoms with Crippen molar-refractivity contribution < 1.29 is 18.7 Å². The summed E-state index contributed by atoms with van der Waals surface area (Å²) in [4.78, 5) is 12.1. The number of carbonyl (C=O) groups excluding carboxylic acids is 1. The fraction of sp³-hybridized carbons (Fsp3) is 0.350. The van der Waals surface area contributed by atoms with Gasteiger partial charge in [-0.1, -0.05) is 13.8 Å². The van der Waals surface area contributed by atoms with Gasteiger partial charge in [-0.05, 0) is 44.0 Å². The molecule has 2 amide bonds. The lowest BCUT2D eigenvalue weighted by molar-refractivity contribution is 0.247. The van der Waals surface area contributed by atoms with E-state index in [2.05, 4.69) is 10.6 Å². The number of carbonyl (C=O) groups is 1. The molecule has 0 aliphatic heterocycles. The molecule has 7 heteroatoms. The number of nitrogens with two attached hydrogens (primary N) is 1. The fourth-order valence-corrected chi connectivity index (χ4v) is 2.48. The Morgan fingerprint density at radius 2 is 1.78 bits per heavy atom. The molecular weight excluding hydrogens is 349 g/mol. The Bertz CT molecular complexity index is 762. The van der Waals surface area contributed by atoms with Crippen molar-refractivity contribution in [1.82, 2.24) is 5.32 Å². The topological polar surface area (TPSA) is 85.6 Å². The molecule has 0 fully saturated rings. The number of rotatable bonds is 8. The van der Waals surface area contributed by atoms with Gasteiger partial charge in [-0.2, -0.15) is 0 Å². The first-order chi connectivity index (χ1) is 13.0. The number of nitrogen functional groups attached to an aromatic ring is 1. The van der Waals surface area contributed by atoms with Gasteiger partial charge in [0, 0.05) is 23.9 Å². The lowest BCUT2D eigenvalue weighted by Gasteiger charge is -2.17. The third-order valence-electron chi connectivity index (χ3n) is 4.01. The molecule has 6 nitrogen and oxygen atoms in total. The van der Waals surface area contributed by atoms with Gasteiger partial charge in [0.1, 0.15) is 5.75 Å². The number of amides is 2. The van der Waals surface area contributed by atoms with Crippen molar-refractivity contribution in [1.29, 1.82) is 0 Å². The minimum Gasteiger partial charge on any atom is -0.490 e. The molecule has 0 aromatic heterocycles. The summed E-state index contributed by atoms with van der Waals surface area (Å²) in [5, 5.41) is 5.33. The molecule has 2 aromatic rings. The number of hydrogen-bond donors (Lipinski definition) is 3. The summed E-state index contributed by atoms with van der Waals surface area (Å²) < 4.78 is 25.8. The van der Waals surface area contributed by atoms with E-state index in [0.717, 1.165) is 12.8 Å². The van der Waals surface area contributed by atoms with Gasteiger partial charge in [0.2, 0.25) is 0 Å². The number of nitrogens with one attached hydrogen (secondary N) is 2. The van der Waals surface area contributed by atoms with Gasteiger partial charge < -0.3 is 25.8 Å². The van der Waals surface area contributed by atoms with Crippen LogP contribution in [0.5, 0.6) is 17.2 Å². The normalized spacial score (nSPS) is 10.6. The van der Waals surface area contributed by atoms with Gasteiger partial charge in [0.25, 0.3) is 0 Å². The first kappa shape index (κ1) is 20.4. The van der Waals surface area contributed by atoms with E-state index in [1.54, 1.807) is 24.3 Å². The van der Waals surface area contributed by atoms with Crippen molar-refractivity contribution >= 4 is 17.4 Å². The summed E-state index contributed by atoms with van der Waals surface area (Å²) >= 11 is 0. The smallest absolute Gasteiger partial charge is 0.319 e. The zero-order valence-corrected chi connectivity index (χ0v) is 15.8. The molecule has 0 aliphatic carbocycles. The number of ether oxygens (including phenoxy) is 2. The molecule has 2 rings (SSSR count). The molecule has 0 saturated heterocycles. The van der Waals surface area contributed by atoms with E-state index in [1.165, 1.54) is 12.1 Å². The second-order valence-electron chi connectivity index (χ2n) is 5.99. The van der Waals surface area contributed by atoms with Crippen LogP contribution in [0.4, 0.5) is 20.6 Å². The molecule has 146 valence electrons. The van der Waals surface area contributed by atoms with E-state index < -0.39 is 11.8 Å². The minimum atomic E-state index is -0.622. The molecule has 0 unspecified atom stereocenters. The Labute approximate surface area is 158 Å². The van der Waals surface area contributed by atoms with Crippen LogP contribution in [0.15, 0.2) is 36.4 Å². The number of hydrogen-bond acceptors (Lipinski definition) is 4. The van der Waals surface area contributed by atoms with Gasteiger partial charge >= 0.3 is 6.03 Å². The quantitative estimate of drug-likeness (QED) is 0.572. The summed E-state index contributed by atoms with van der Waals surface area (Å²) in [6.07, 6.45) is 1.59. The maximum atomic E-state index is 14.5. The minimum absolute atomic E-state index is 0.0200. The fourth-order valence-electron chi connectivity index (χ4n) is 2.48. The Morgan fingerprint density at radius 3 is 2.37 bits per heavy atom. The van der Waals surface area contributed by atoms with E-state index in [9.17, 15) is 9.18 Å². The third kappa shape index (κ3) is 5.77. The molecule has 0 spiro atoms. The van der Waals surface area contributed by atoms with Crippen molar-refractivity contribution in [3.8, 4) is 17.2 Å². The number of urea groups is 1. The molecule has 0 aliphatic rings. The number of halogens is 1. The van der Waals surface area contributed by atoms with Gasteiger partial charge in [-0.3, -0.25) is 0 Å². The van der Waals surface area contributed by atoms with E-state index >= 15 is 0 Å². The van der Waals surface area contributed by atoms with Crippen LogP contribution in [0.3, 0.4) is 0 Å². The largest absolute Gasteiger partial charge is 0.490 e. The molecular formula is C20H26FN3O3. The molecule has 4 N–H and O–H groups in total. The summed E-state index contributed by atoms with van der Waals surface area (Å²) in [6, 6.07) is 8.90. The maximum Gasteiger partial charge on any atom is 0.319 e. The third-order valence-corrected chi connectivity index (χ3v) is 4.01. The van der Waals surface area contributed by atoms with E-state index in [-0.39, 0.29) is 17.5 Å². The predicted molar refractivity (Wildman–Crippen MR) is 105 cm³/mol. The van der Waals surface area contributed by atoms with Crippen molar-refractivity contribution in [2.75, 3.05) is 17.7 Å². The highest BCUT2D eigenvalue weighted by Gasteiger charge is 2.16. The van der Waals surface area contributed by atoms with Crippen molar-refractivity contribution in [3.05, 3.63) is 42.2 Å². The van der Waals surface area contributed by atoms with E-state index in [1.807, 2.05) is 20.8 Å². The molecule has 0 heterocycles. The number of anilines is 2. The lowest BCUT2D eigenvalue weighted by Crippen LogP contribution is -2.37. The highest BCUT2D eigenvalue weighted by molar-refractivity contribution is 5.90. The first-order valence-corrected chi connectivity index (χ1v) is 9.04. The summed E-state index contributed by atoms with van der Waals surface area (Å²) in [5.41, 5.74) is 6.27. The highest BCUT2D eigenvalue weighted by atomic mass is 19.1. The average molecular weight is 375 g/mol. The molecule has 0 saturated carbocycles. The number of benzene rings is 2. The molecule has 0 radical (unpaired) electrons. The second-order valence-corrected chi connectivity index (χ2v) is 5.99. The highest BCUT2D eigenvalue weighted by Crippen LogP contribution is 2.36. The molecule has 27 heavy (non-hydrogen) atoms. The zero-order valence-electron chi connectivity index (χ0n) is 15.8. The summed E-state index contributed by atoms with van der Waals surface area (Å²) in [5.74, 6) is 0.416. The Kier molecular flexibility index (Phi) is 7.28. The SMILES string of the molecule is CCOc1cc(NC(=O)NC(CC)CC)c(F)cc1Oc1ccc(N)cc1. The summed E-state index contributed by atoms with van der Waals surface area (Å²) in [7, 11) is 0. The van der Waals surface area contributed by atoms with Crippen LogP contribution in [-0.2, 0) is 0 Å². The van der Waals surface area contributed by atoms with Crippen LogP contribution in [-0.4, -0.2) is 18.7 Å². The van der Waals surface area contributed by atoms with E-state index in [4.69, 9.17) is 15.2 Å². The standard InChI is InChI=1S/C20H26FN3O3/c1-4-14(5-2)23-20(25)24-17-12-18(26-6-3)19(11-16(17)21)27-15-9-7-13(22)8-10-15/h7-12,14H,4-6,22H2,1-3H3,(H2,23,24,25). The Hall–Kier alpha value is -2.96. The van der Waals surface area contributed by atoms with Gasteiger partial charge in [0.15, 0.2) is 17.3 Å². The van der Waals surface area contributed by atoms with Crippen LogP contribution in [0.2, 0.25) is 0 Å². The predicted octanol–water partition coefficient (Wildman–Crippen LogP) is 4.91. The van der Waals surface area contributed by atoms with Crippen LogP contribution in [0.1, 0.15) is 33.6 Å². The van der Waals surface area contributed by atoms with Crippen LogP contribution in [0, 0.1) is 5.82 Å². The van der Waals surface area contributed by atoms with Crippen LogP contribution in [0.25, 0.3) is 0 Å². The van der Waals surface area contributed by atoms with Crippen molar-refractivity contribution in [2.45, 2.75) is 39.7 Å². The maximum absolute atomic E-state index is 14.5. The monoisotopic (exact) mass is 375 g/mol. The first-order valence-electron chi connectivity index (χ1n) is 9.04. The molecule has 0 atom stereocenters. The van der Waals surface area contributed by atoms with Crippen molar-refractivity contribution in [3.63, 3.8) is 0 Å². The van der Waals surface area contributed by atoms with Crippen LogP contribution < -0.4 is 25.8 Å². The molecule has 0 bridgehead atoms. The van der Waals surface area contributed by atoms with Crippen molar-refractivity contribution in [2.24, 2.45) is 0 Å². The Morgan fingerprint density at radius 1 is 1.11 bits per heavy atom. The Balaban J connectivity index is 2.21. The van der Waals surface area contributed by atoms with Crippen LogP contribution >= 0.6 is 0 Å². The van der Waals surface area contributed by atoms with Gasteiger partial charge in [-0.15, -0.1) is 0 Å². The zero-order chi connectivity index (χ0) is 19.8.